The van der Waals surface area contributed by atoms with Gasteiger partial charge in [0.25, 0.3) is 0 Å². The molecule has 1 aromatic heterocycles. The van der Waals surface area contributed by atoms with E-state index in [9.17, 15) is 5.26 Å². The lowest BCUT2D eigenvalue weighted by atomic mass is 10.2. The number of aromatic nitrogens is 2. The topological polar surface area (TPSA) is 67.6 Å². The Bertz CT molecular complexity index is 576. The molecule has 0 saturated carbocycles. The zero-order chi connectivity index (χ0) is 12.4. The monoisotopic (exact) mass is 244 g/mol. The summed E-state index contributed by atoms with van der Waals surface area (Å²) in [5.41, 5.74) is 8.02. The third kappa shape index (κ3) is 1.99. The number of nitrogens with two attached hydrogens (primary N) is 1. The van der Waals surface area contributed by atoms with Crippen molar-refractivity contribution in [2.24, 2.45) is 0 Å². The van der Waals surface area contributed by atoms with Crippen molar-refractivity contribution >= 4 is 17.6 Å². The van der Waals surface area contributed by atoms with Crippen molar-refractivity contribution in [3.05, 3.63) is 35.5 Å². The van der Waals surface area contributed by atoms with E-state index in [-0.39, 0.29) is 0 Å². The van der Waals surface area contributed by atoms with Gasteiger partial charge in [0.2, 0.25) is 0 Å². The molecule has 0 aliphatic carbocycles. The molecule has 1 heterocycles. The average molecular weight is 244 g/mol. The van der Waals surface area contributed by atoms with Gasteiger partial charge in [0.05, 0.1) is 11.3 Å². The van der Waals surface area contributed by atoms with Crippen LogP contribution in [0.25, 0.3) is 5.69 Å². The lowest BCUT2D eigenvalue weighted by Crippen LogP contribution is -2.00. The largest absolute Gasteiger partial charge is 0.382 e. The first-order chi connectivity index (χ1) is 8.17. The van der Waals surface area contributed by atoms with Crippen molar-refractivity contribution in [2.75, 3.05) is 12.0 Å². The molecule has 2 rings (SSSR count). The molecule has 0 radical (unpaired) electrons. The van der Waals surface area contributed by atoms with Crippen LogP contribution >= 0.6 is 11.8 Å². The quantitative estimate of drug-likeness (QED) is 0.823. The van der Waals surface area contributed by atoms with Crippen LogP contribution in [0.4, 0.5) is 5.82 Å². The van der Waals surface area contributed by atoms with Gasteiger partial charge in [-0.1, -0.05) is 6.07 Å². The summed E-state index contributed by atoms with van der Waals surface area (Å²) < 4.78 is 1.66. The number of nitrogens with zero attached hydrogens (tertiary/aromatic N) is 3. The van der Waals surface area contributed by atoms with E-state index in [1.165, 1.54) is 0 Å². The lowest BCUT2D eigenvalue weighted by molar-refractivity contribution is 0.878. The fourth-order valence-corrected chi connectivity index (χ4v) is 2.16. The predicted molar refractivity (Wildman–Crippen MR) is 69.2 cm³/mol. The third-order valence-electron chi connectivity index (χ3n) is 2.52. The molecule has 0 aliphatic heterocycles. The number of nitriles is 1. The normalized spacial score (nSPS) is 10.2. The summed E-state index contributed by atoms with van der Waals surface area (Å²) in [4.78, 5) is 0.941. The van der Waals surface area contributed by atoms with Gasteiger partial charge >= 0.3 is 0 Å². The van der Waals surface area contributed by atoms with Crippen LogP contribution in [-0.2, 0) is 0 Å². The Balaban J connectivity index is 2.63. The van der Waals surface area contributed by atoms with Gasteiger partial charge in [-0.05, 0) is 25.3 Å². The maximum absolute atomic E-state index is 9.23. The molecule has 0 saturated heterocycles. The molecule has 17 heavy (non-hydrogen) atoms. The van der Waals surface area contributed by atoms with Gasteiger partial charge in [-0.25, -0.2) is 4.68 Å². The minimum atomic E-state index is 0.489. The van der Waals surface area contributed by atoms with Gasteiger partial charge in [0, 0.05) is 16.7 Å². The maximum Gasteiger partial charge on any atom is 0.148 e. The molecule has 0 amide bonds. The van der Waals surface area contributed by atoms with Crippen LogP contribution in [0.3, 0.4) is 0 Å². The van der Waals surface area contributed by atoms with Crippen molar-refractivity contribution in [1.82, 2.24) is 9.78 Å². The summed E-state index contributed by atoms with van der Waals surface area (Å²) in [5, 5.41) is 13.4. The summed E-state index contributed by atoms with van der Waals surface area (Å²) in [6, 6.07) is 7.92. The first kappa shape index (κ1) is 11.6. The highest BCUT2D eigenvalue weighted by molar-refractivity contribution is 7.98. The zero-order valence-corrected chi connectivity index (χ0v) is 10.5. The molecule has 4 nitrogen and oxygen atoms in total. The van der Waals surface area contributed by atoms with Gasteiger partial charge in [0.1, 0.15) is 11.9 Å². The molecule has 86 valence electrons. The minimum Gasteiger partial charge on any atom is -0.382 e. The molecule has 0 bridgehead atoms. The van der Waals surface area contributed by atoms with Crippen LogP contribution in [0.1, 0.15) is 11.1 Å². The van der Waals surface area contributed by atoms with Crippen LogP contribution in [-0.4, -0.2) is 16.0 Å². The molecule has 5 heteroatoms. The van der Waals surface area contributed by atoms with E-state index in [0.29, 0.717) is 11.4 Å². The van der Waals surface area contributed by atoms with Gasteiger partial charge in [-0.2, -0.15) is 10.4 Å². The highest BCUT2D eigenvalue weighted by Crippen LogP contribution is 2.25. The first-order valence-electron chi connectivity index (χ1n) is 5.06. The summed E-state index contributed by atoms with van der Waals surface area (Å²) in [6.07, 6.45) is 3.78. The molecular weight excluding hydrogens is 232 g/mol. The van der Waals surface area contributed by atoms with Gasteiger partial charge in [-0.3, -0.25) is 0 Å². The van der Waals surface area contributed by atoms with Crippen molar-refractivity contribution in [1.29, 1.82) is 5.26 Å². The molecule has 2 aromatic rings. The summed E-state index contributed by atoms with van der Waals surface area (Å²) in [6.45, 7) is 1.89. The number of nitrogen functional groups attached to an aromatic ring is 1. The summed E-state index contributed by atoms with van der Waals surface area (Å²) >= 11 is 1.54. The molecule has 2 N–H and O–H groups in total. The Morgan fingerprint density at radius 1 is 1.47 bits per heavy atom. The Morgan fingerprint density at radius 2 is 2.24 bits per heavy atom. The highest BCUT2D eigenvalue weighted by Gasteiger charge is 2.11. The third-order valence-corrected chi connectivity index (χ3v) is 3.30. The zero-order valence-electron chi connectivity index (χ0n) is 9.64. The fourth-order valence-electron chi connectivity index (χ4n) is 1.59. The maximum atomic E-state index is 9.23. The van der Waals surface area contributed by atoms with E-state index < -0.39 is 0 Å². The van der Waals surface area contributed by atoms with Gasteiger partial charge in [-0.15, -0.1) is 11.8 Å². The molecule has 0 fully saturated rings. The highest BCUT2D eigenvalue weighted by atomic mass is 32.2. The lowest BCUT2D eigenvalue weighted by Gasteiger charge is -2.07. The van der Waals surface area contributed by atoms with E-state index >= 15 is 0 Å². The second-order valence-corrected chi connectivity index (χ2v) is 4.46. The van der Waals surface area contributed by atoms with Crippen molar-refractivity contribution in [2.45, 2.75) is 11.8 Å². The Kier molecular flexibility index (Phi) is 3.07. The van der Waals surface area contributed by atoms with Crippen LogP contribution in [0.15, 0.2) is 29.3 Å². The molecule has 0 spiro atoms. The van der Waals surface area contributed by atoms with Crippen LogP contribution < -0.4 is 5.73 Å². The standard InChI is InChI=1S/C12H12N4S/c1-8-7-16(15-12(8)14)10-4-3-5-11(17-2)9(10)6-13/h3-5,7H,1-2H3,(H2,14,15). The molecule has 0 unspecified atom stereocenters. The number of anilines is 1. The van der Waals surface area contributed by atoms with Crippen LogP contribution in [0.5, 0.6) is 0 Å². The summed E-state index contributed by atoms with van der Waals surface area (Å²) in [5.74, 6) is 0.489. The van der Waals surface area contributed by atoms with Crippen molar-refractivity contribution in [3.63, 3.8) is 0 Å². The number of hydrogen-bond donors (Lipinski definition) is 1. The van der Waals surface area contributed by atoms with Crippen LogP contribution in [0, 0.1) is 18.3 Å². The predicted octanol–water partition coefficient (Wildman–Crippen LogP) is 2.36. The second-order valence-electron chi connectivity index (χ2n) is 3.61. The Hall–Kier alpha value is -1.93. The van der Waals surface area contributed by atoms with E-state index in [4.69, 9.17) is 5.73 Å². The molecule has 0 aliphatic rings. The van der Waals surface area contributed by atoms with E-state index in [0.717, 1.165) is 16.1 Å². The smallest absolute Gasteiger partial charge is 0.148 e. The van der Waals surface area contributed by atoms with E-state index in [1.54, 1.807) is 16.4 Å². The van der Waals surface area contributed by atoms with Gasteiger partial charge < -0.3 is 5.73 Å². The number of hydrogen-bond acceptors (Lipinski definition) is 4. The molecule has 0 atom stereocenters. The minimum absolute atomic E-state index is 0.489. The number of rotatable bonds is 2. The second kappa shape index (κ2) is 4.52. The number of benzene rings is 1. The number of thioether (sulfide) groups is 1. The number of aryl methyl sites for hydroxylation is 1. The van der Waals surface area contributed by atoms with Crippen LogP contribution in [0.2, 0.25) is 0 Å². The summed E-state index contributed by atoms with van der Waals surface area (Å²) in [7, 11) is 0. The fraction of sp³-hybridized carbons (Fsp3) is 0.167. The average Bonchev–Trinajstić information content (AvgIpc) is 2.68. The van der Waals surface area contributed by atoms with E-state index in [2.05, 4.69) is 11.2 Å². The molecule has 1 aromatic carbocycles. The first-order valence-corrected chi connectivity index (χ1v) is 6.29. The Morgan fingerprint density at radius 3 is 2.76 bits per heavy atom. The molecular formula is C12H12N4S. The van der Waals surface area contributed by atoms with Crippen molar-refractivity contribution in [3.8, 4) is 11.8 Å². The SMILES string of the molecule is CSc1cccc(-n2cc(C)c(N)n2)c1C#N. The van der Waals surface area contributed by atoms with Gasteiger partial charge in [0.15, 0.2) is 0 Å². The van der Waals surface area contributed by atoms with Crippen molar-refractivity contribution < 1.29 is 0 Å². The Labute approximate surface area is 104 Å². The van der Waals surface area contributed by atoms with E-state index in [1.807, 2.05) is 37.6 Å².